The molecule has 1 aromatic carbocycles. The zero-order valence-electron chi connectivity index (χ0n) is 11.2. The van der Waals surface area contributed by atoms with Gasteiger partial charge in [-0.05, 0) is 52.3 Å². The summed E-state index contributed by atoms with van der Waals surface area (Å²) >= 11 is 4.90. The molecule has 0 aliphatic carbocycles. The van der Waals surface area contributed by atoms with E-state index in [0.29, 0.717) is 0 Å². The van der Waals surface area contributed by atoms with Crippen molar-refractivity contribution in [3.8, 4) is 0 Å². The van der Waals surface area contributed by atoms with Crippen LogP contribution in [0.15, 0.2) is 44.4 Å². The van der Waals surface area contributed by atoms with Crippen LogP contribution in [0.5, 0.6) is 0 Å². The van der Waals surface area contributed by atoms with Crippen molar-refractivity contribution >= 4 is 43.9 Å². The first-order valence-corrected chi connectivity index (χ1v) is 9.28. The number of halogens is 2. The average Bonchev–Trinajstić information content (AvgIpc) is 2.94. The van der Waals surface area contributed by atoms with Crippen LogP contribution in [0.1, 0.15) is 0 Å². The summed E-state index contributed by atoms with van der Waals surface area (Å²) in [5, 5.41) is 0. The van der Waals surface area contributed by atoms with Crippen LogP contribution in [-0.4, -0.2) is 34.7 Å². The van der Waals surface area contributed by atoms with Gasteiger partial charge in [-0.2, -0.15) is 0 Å². The molecule has 1 fully saturated rings. The van der Waals surface area contributed by atoms with E-state index in [0.717, 1.165) is 39.9 Å². The second-order valence-electron chi connectivity index (χ2n) is 4.70. The maximum atomic E-state index is 12.9. The summed E-state index contributed by atoms with van der Waals surface area (Å²) < 4.78 is 29.3. The van der Waals surface area contributed by atoms with Crippen LogP contribution in [0, 0.1) is 5.82 Å². The second kappa shape index (κ2) is 6.56. The Bertz CT molecular complexity index is 639. The number of hydrogen-bond acceptors (Lipinski definition) is 3. The van der Waals surface area contributed by atoms with Gasteiger partial charge in [0, 0.05) is 31.9 Å². The number of rotatable bonds is 3. The van der Waals surface area contributed by atoms with Crippen molar-refractivity contribution in [1.82, 2.24) is 4.31 Å². The van der Waals surface area contributed by atoms with E-state index in [2.05, 4.69) is 20.8 Å². The summed E-state index contributed by atoms with van der Waals surface area (Å²) in [5.41, 5.74) is 1.01. The maximum Gasteiger partial charge on any atom is 0.138 e. The predicted molar refractivity (Wildman–Crippen MR) is 88.6 cm³/mol. The lowest BCUT2D eigenvalue weighted by molar-refractivity contribution is 0.411. The lowest BCUT2D eigenvalue weighted by atomic mass is 10.2. The van der Waals surface area contributed by atoms with Crippen LogP contribution in [0.4, 0.5) is 10.1 Å². The Morgan fingerprint density at radius 1 is 1.05 bits per heavy atom. The third-order valence-electron chi connectivity index (χ3n) is 3.39. The first-order valence-electron chi connectivity index (χ1n) is 6.56. The van der Waals surface area contributed by atoms with Gasteiger partial charge in [0.05, 0.1) is 3.79 Å². The number of hydrogen-bond donors (Lipinski definition) is 0. The Labute approximate surface area is 138 Å². The molecule has 21 heavy (non-hydrogen) atoms. The van der Waals surface area contributed by atoms with Gasteiger partial charge in [0.15, 0.2) is 0 Å². The first-order chi connectivity index (χ1) is 10.1. The molecule has 2 heterocycles. The second-order valence-corrected chi connectivity index (χ2v) is 8.88. The van der Waals surface area contributed by atoms with Crippen LogP contribution >= 0.6 is 27.3 Å². The highest BCUT2D eigenvalue weighted by atomic mass is 79.9. The topological polar surface area (TPSA) is 23.6 Å². The number of piperazine rings is 1. The summed E-state index contributed by atoms with van der Waals surface area (Å²) in [4.78, 5) is 2.19. The third-order valence-corrected chi connectivity index (χ3v) is 6.80. The molecule has 0 N–H and O–H groups in total. The summed E-state index contributed by atoms with van der Waals surface area (Å²) in [5.74, 6) is -0.221. The van der Waals surface area contributed by atoms with E-state index in [-0.39, 0.29) is 5.82 Å². The Morgan fingerprint density at radius 3 is 2.29 bits per heavy atom. The number of anilines is 1. The number of benzene rings is 1. The molecule has 0 radical (unpaired) electrons. The minimum absolute atomic E-state index is 0.221. The van der Waals surface area contributed by atoms with Crippen LogP contribution < -0.4 is 4.90 Å². The van der Waals surface area contributed by atoms with E-state index >= 15 is 0 Å². The van der Waals surface area contributed by atoms with Crippen molar-refractivity contribution in [2.75, 3.05) is 31.1 Å². The van der Waals surface area contributed by atoms with E-state index in [4.69, 9.17) is 0 Å². The third kappa shape index (κ3) is 3.53. The average molecular weight is 389 g/mol. The molecule has 1 aliphatic heterocycles. The van der Waals surface area contributed by atoms with Gasteiger partial charge in [-0.15, -0.1) is 11.3 Å². The maximum absolute atomic E-state index is 12.9. The highest BCUT2D eigenvalue weighted by molar-refractivity contribution is 9.11. The molecular weight excluding hydrogens is 375 g/mol. The van der Waals surface area contributed by atoms with Gasteiger partial charge in [-0.3, -0.25) is 0 Å². The van der Waals surface area contributed by atoms with Gasteiger partial charge >= 0.3 is 0 Å². The van der Waals surface area contributed by atoms with Crippen molar-refractivity contribution in [2.45, 2.75) is 4.21 Å². The van der Waals surface area contributed by atoms with Gasteiger partial charge in [-0.1, -0.05) is 0 Å². The molecule has 0 amide bonds. The fraction of sp³-hybridized carbons (Fsp3) is 0.286. The van der Waals surface area contributed by atoms with Crippen molar-refractivity contribution < 1.29 is 8.60 Å². The van der Waals surface area contributed by atoms with E-state index < -0.39 is 11.0 Å². The van der Waals surface area contributed by atoms with E-state index in [1.54, 1.807) is 12.1 Å². The first kappa shape index (κ1) is 15.1. The van der Waals surface area contributed by atoms with Gasteiger partial charge in [0.1, 0.15) is 21.0 Å². The molecule has 2 aromatic rings. The zero-order valence-corrected chi connectivity index (χ0v) is 14.4. The van der Waals surface area contributed by atoms with E-state index in [1.165, 1.54) is 23.5 Å². The summed E-state index contributed by atoms with van der Waals surface area (Å²) in [6.45, 7) is 3.06. The lowest BCUT2D eigenvalue weighted by Crippen LogP contribution is -2.46. The van der Waals surface area contributed by atoms with Crippen molar-refractivity contribution in [3.63, 3.8) is 0 Å². The molecule has 0 spiro atoms. The van der Waals surface area contributed by atoms with Crippen molar-refractivity contribution in [3.05, 3.63) is 46.0 Å². The zero-order chi connectivity index (χ0) is 14.8. The predicted octanol–water partition coefficient (Wildman–Crippen LogP) is 3.49. The Kier molecular flexibility index (Phi) is 4.73. The molecule has 3 rings (SSSR count). The minimum atomic E-state index is -1.09. The standard InChI is InChI=1S/C14H14BrFN2OS2/c15-13-5-6-14(20-13)21(19)18-9-7-17(8-10-18)12-3-1-11(16)2-4-12/h1-6H,7-10H2. The molecule has 1 saturated heterocycles. The summed E-state index contributed by atoms with van der Waals surface area (Å²) in [7, 11) is -1.09. The molecule has 0 saturated carbocycles. The van der Waals surface area contributed by atoms with Gasteiger partial charge in [-0.25, -0.2) is 12.9 Å². The lowest BCUT2D eigenvalue weighted by Gasteiger charge is -2.34. The monoisotopic (exact) mass is 388 g/mol. The molecule has 3 nitrogen and oxygen atoms in total. The fourth-order valence-electron chi connectivity index (χ4n) is 2.28. The molecular formula is C14H14BrFN2OS2. The van der Waals surface area contributed by atoms with E-state index in [9.17, 15) is 8.60 Å². The molecule has 7 heteroatoms. The Hall–Kier alpha value is -0.760. The molecule has 112 valence electrons. The normalized spacial score (nSPS) is 17.9. The van der Waals surface area contributed by atoms with Crippen LogP contribution in [0.3, 0.4) is 0 Å². The minimum Gasteiger partial charge on any atom is -0.369 e. The Morgan fingerprint density at radius 2 is 1.71 bits per heavy atom. The van der Waals surface area contributed by atoms with Gasteiger partial charge in [0.2, 0.25) is 0 Å². The summed E-state index contributed by atoms with van der Waals surface area (Å²) in [6, 6.07) is 10.4. The Balaban J connectivity index is 1.62. The number of thiophene rings is 1. The summed E-state index contributed by atoms with van der Waals surface area (Å²) in [6.07, 6.45) is 0. The number of nitrogens with zero attached hydrogens (tertiary/aromatic N) is 2. The van der Waals surface area contributed by atoms with Gasteiger partial charge < -0.3 is 4.90 Å². The SMILES string of the molecule is O=S(c1ccc(Br)s1)N1CCN(c2ccc(F)cc2)CC1. The van der Waals surface area contributed by atoms with Crippen LogP contribution in [0.2, 0.25) is 0 Å². The smallest absolute Gasteiger partial charge is 0.138 e. The van der Waals surface area contributed by atoms with E-state index in [1.807, 2.05) is 16.4 Å². The highest BCUT2D eigenvalue weighted by Crippen LogP contribution is 2.27. The molecule has 1 aromatic heterocycles. The molecule has 1 aliphatic rings. The van der Waals surface area contributed by atoms with Crippen molar-refractivity contribution in [2.24, 2.45) is 0 Å². The van der Waals surface area contributed by atoms with Crippen LogP contribution in [0.25, 0.3) is 0 Å². The molecule has 0 bridgehead atoms. The quantitative estimate of drug-likeness (QED) is 0.803. The molecule has 1 atom stereocenters. The van der Waals surface area contributed by atoms with Crippen LogP contribution in [-0.2, 0) is 11.0 Å². The molecule has 1 unspecified atom stereocenters. The fourth-order valence-corrected chi connectivity index (χ4v) is 5.53. The highest BCUT2D eigenvalue weighted by Gasteiger charge is 2.23. The van der Waals surface area contributed by atoms with Gasteiger partial charge in [0.25, 0.3) is 0 Å². The van der Waals surface area contributed by atoms with Crippen molar-refractivity contribution in [1.29, 1.82) is 0 Å². The largest absolute Gasteiger partial charge is 0.369 e.